The number of thiazole rings is 1. The van der Waals surface area contributed by atoms with E-state index in [1.165, 1.54) is 23.5 Å². The van der Waals surface area contributed by atoms with Gasteiger partial charge < -0.3 is 4.74 Å². The number of hydrogen-bond donors (Lipinski definition) is 0. The van der Waals surface area contributed by atoms with Crippen LogP contribution in [0, 0.1) is 10.1 Å². The van der Waals surface area contributed by atoms with Gasteiger partial charge in [0.05, 0.1) is 22.6 Å². The lowest BCUT2D eigenvalue weighted by Gasteiger charge is -2.03. The van der Waals surface area contributed by atoms with Gasteiger partial charge in [-0.05, 0) is 59.7 Å². The Hall–Kier alpha value is -3.55. The van der Waals surface area contributed by atoms with Gasteiger partial charge in [0.25, 0.3) is 5.69 Å². The van der Waals surface area contributed by atoms with Crippen molar-refractivity contribution in [1.29, 1.82) is 0 Å². The molecular weight excluding hydrogens is 434 g/mol. The molecule has 0 bridgehead atoms. The maximum Gasteiger partial charge on any atom is 0.269 e. The van der Waals surface area contributed by atoms with Crippen LogP contribution in [-0.2, 0) is 0 Å². The Morgan fingerprint density at radius 1 is 1.00 bits per heavy atom. The van der Waals surface area contributed by atoms with Crippen LogP contribution in [0.2, 0.25) is 5.02 Å². The zero-order chi connectivity index (χ0) is 21.8. The zero-order valence-corrected chi connectivity index (χ0v) is 17.9. The van der Waals surface area contributed by atoms with Crippen molar-refractivity contribution >= 4 is 40.0 Å². The molecule has 4 aromatic rings. The SMILES string of the molecule is COc1ccc(/C=N/c2nc(-c3ccc(Cl)cc3)c(-c3ccc([N+](=O)[O-])cc3)s2)cc1. The molecule has 0 spiro atoms. The van der Waals surface area contributed by atoms with Gasteiger partial charge in [-0.25, -0.2) is 9.98 Å². The molecule has 0 aliphatic carbocycles. The summed E-state index contributed by atoms with van der Waals surface area (Å²) in [4.78, 5) is 20.7. The third-order valence-corrected chi connectivity index (χ3v) is 5.78. The Labute approximate surface area is 187 Å². The average Bonchev–Trinajstić information content (AvgIpc) is 3.23. The number of aliphatic imine (C=N–C) groups is 1. The number of rotatable bonds is 6. The third-order valence-electron chi connectivity index (χ3n) is 4.51. The third kappa shape index (κ3) is 4.79. The van der Waals surface area contributed by atoms with E-state index in [2.05, 4.69) is 4.99 Å². The Morgan fingerprint density at radius 3 is 2.26 bits per heavy atom. The van der Waals surface area contributed by atoms with Crippen LogP contribution in [-0.4, -0.2) is 23.2 Å². The second-order valence-corrected chi connectivity index (χ2v) is 7.93. The lowest BCUT2D eigenvalue weighted by atomic mass is 10.1. The van der Waals surface area contributed by atoms with E-state index in [0.29, 0.717) is 10.2 Å². The van der Waals surface area contributed by atoms with Crippen molar-refractivity contribution in [1.82, 2.24) is 4.98 Å². The van der Waals surface area contributed by atoms with Gasteiger partial charge in [0.1, 0.15) is 5.75 Å². The van der Waals surface area contributed by atoms with Crippen LogP contribution < -0.4 is 4.74 Å². The summed E-state index contributed by atoms with van der Waals surface area (Å²) < 4.78 is 5.17. The highest BCUT2D eigenvalue weighted by Crippen LogP contribution is 2.40. The van der Waals surface area contributed by atoms with Crippen LogP contribution >= 0.6 is 22.9 Å². The van der Waals surface area contributed by atoms with Crippen molar-refractivity contribution in [3.63, 3.8) is 0 Å². The predicted molar refractivity (Wildman–Crippen MR) is 125 cm³/mol. The lowest BCUT2D eigenvalue weighted by Crippen LogP contribution is -1.87. The first-order valence-corrected chi connectivity index (χ1v) is 10.4. The van der Waals surface area contributed by atoms with E-state index in [1.807, 2.05) is 36.4 Å². The van der Waals surface area contributed by atoms with Gasteiger partial charge in [-0.2, -0.15) is 0 Å². The second kappa shape index (κ2) is 9.07. The first-order chi connectivity index (χ1) is 15.0. The number of nitro groups is 1. The van der Waals surface area contributed by atoms with Gasteiger partial charge in [0.2, 0.25) is 5.13 Å². The van der Waals surface area contributed by atoms with Gasteiger partial charge in [-0.1, -0.05) is 35.1 Å². The molecule has 0 radical (unpaired) electrons. The molecule has 6 nitrogen and oxygen atoms in total. The van der Waals surface area contributed by atoms with E-state index in [0.717, 1.165) is 33.0 Å². The number of aromatic nitrogens is 1. The molecule has 0 saturated heterocycles. The fourth-order valence-electron chi connectivity index (χ4n) is 2.92. The maximum atomic E-state index is 11.0. The fourth-order valence-corrected chi connectivity index (χ4v) is 3.98. The van der Waals surface area contributed by atoms with Crippen LogP contribution in [0.1, 0.15) is 5.56 Å². The molecule has 1 heterocycles. The Balaban J connectivity index is 1.73. The Bertz CT molecular complexity index is 1230. The van der Waals surface area contributed by atoms with Crippen LogP contribution in [0.5, 0.6) is 5.75 Å². The summed E-state index contributed by atoms with van der Waals surface area (Å²) in [5, 5.41) is 12.2. The standard InChI is InChI=1S/C23H16ClN3O3S/c1-30-20-12-2-15(3-13-20)14-25-23-26-21(16-4-8-18(24)9-5-16)22(31-23)17-6-10-19(11-7-17)27(28)29/h2-14H,1H3/b25-14+. The summed E-state index contributed by atoms with van der Waals surface area (Å²) in [5.41, 5.74) is 3.43. The van der Waals surface area contributed by atoms with Crippen molar-refractivity contribution in [2.75, 3.05) is 7.11 Å². The molecule has 4 rings (SSSR count). The molecular formula is C23H16ClN3O3S. The van der Waals surface area contributed by atoms with Crippen molar-refractivity contribution in [2.24, 2.45) is 4.99 Å². The normalized spacial score (nSPS) is 11.0. The monoisotopic (exact) mass is 449 g/mol. The minimum Gasteiger partial charge on any atom is -0.497 e. The molecule has 0 saturated carbocycles. The lowest BCUT2D eigenvalue weighted by molar-refractivity contribution is -0.384. The average molecular weight is 450 g/mol. The summed E-state index contributed by atoms with van der Waals surface area (Å²) in [6, 6.07) is 21.4. The highest BCUT2D eigenvalue weighted by atomic mass is 35.5. The van der Waals surface area contributed by atoms with Crippen molar-refractivity contribution in [3.8, 4) is 27.4 Å². The first kappa shape index (κ1) is 20.7. The van der Waals surface area contributed by atoms with Crippen LogP contribution in [0.25, 0.3) is 21.7 Å². The molecule has 0 N–H and O–H groups in total. The second-order valence-electron chi connectivity index (χ2n) is 6.52. The van der Waals surface area contributed by atoms with Gasteiger partial charge in [0, 0.05) is 28.9 Å². The largest absolute Gasteiger partial charge is 0.497 e. The Morgan fingerprint density at radius 2 is 1.65 bits per heavy atom. The number of methoxy groups -OCH3 is 1. The van der Waals surface area contributed by atoms with Gasteiger partial charge >= 0.3 is 0 Å². The molecule has 154 valence electrons. The van der Waals surface area contributed by atoms with Crippen molar-refractivity contribution in [2.45, 2.75) is 0 Å². The number of hydrogen-bond acceptors (Lipinski definition) is 6. The highest BCUT2D eigenvalue weighted by molar-refractivity contribution is 7.19. The maximum absolute atomic E-state index is 11.0. The van der Waals surface area contributed by atoms with Gasteiger partial charge in [0.15, 0.2) is 0 Å². The van der Waals surface area contributed by atoms with Crippen molar-refractivity contribution in [3.05, 3.63) is 93.5 Å². The quantitative estimate of drug-likeness (QED) is 0.184. The van der Waals surface area contributed by atoms with Crippen LogP contribution in [0.15, 0.2) is 77.8 Å². The molecule has 0 fully saturated rings. The molecule has 0 aliphatic heterocycles. The molecule has 8 heteroatoms. The first-order valence-electron chi connectivity index (χ1n) is 9.23. The number of halogens is 1. The van der Waals surface area contributed by atoms with E-state index >= 15 is 0 Å². The van der Waals surface area contributed by atoms with Crippen LogP contribution in [0.4, 0.5) is 10.8 Å². The van der Waals surface area contributed by atoms with Gasteiger partial charge in [-0.15, -0.1) is 0 Å². The van der Waals surface area contributed by atoms with Crippen molar-refractivity contribution < 1.29 is 9.66 Å². The summed E-state index contributed by atoms with van der Waals surface area (Å²) in [5.74, 6) is 0.775. The van der Waals surface area contributed by atoms with E-state index in [9.17, 15) is 10.1 Å². The number of benzene rings is 3. The van der Waals surface area contributed by atoms with E-state index in [-0.39, 0.29) is 5.69 Å². The van der Waals surface area contributed by atoms with E-state index in [4.69, 9.17) is 21.3 Å². The minimum atomic E-state index is -0.416. The zero-order valence-electron chi connectivity index (χ0n) is 16.4. The highest BCUT2D eigenvalue weighted by Gasteiger charge is 2.16. The molecule has 31 heavy (non-hydrogen) atoms. The Kier molecular flexibility index (Phi) is 6.06. The number of ether oxygens (including phenoxy) is 1. The topological polar surface area (TPSA) is 77.6 Å². The summed E-state index contributed by atoms with van der Waals surface area (Å²) in [7, 11) is 1.62. The predicted octanol–water partition coefficient (Wildman–Crippen LogP) is 6.80. The molecule has 3 aromatic carbocycles. The van der Waals surface area contributed by atoms with E-state index < -0.39 is 4.92 Å². The molecule has 0 amide bonds. The summed E-state index contributed by atoms with van der Waals surface area (Å²) in [6.07, 6.45) is 1.74. The summed E-state index contributed by atoms with van der Waals surface area (Å²) >= 11 is 7.45. The molecule has 0 atom stereocenters. The summed E-state index contributed by atoms with van der Waals surface area (Å²) in [6.45, 7) is 0. The molecule has 1 aromatic heterocycles. The van der Waals surface area contributed by atoms with E-state index in [1.54, 1.807) is 37.6 Å². The smallest absolute Gasteiger partial charge is 0.269 e. The number of non-ortho nitro benzene ring substituents is 1. The number of nitrogens with zero attached hydrogens (tertiary/aromatic N) is 3. The molecule has 0 aliphatic rings. The minimum absolute atomic E-state index is 0.0408. The number of nitro benzene ring substituents is 1. The fraction of sp³-hybridized carbons (Fsp3) is 0.0435. The van der Waals surface area contributed by atoms with Crippen LogP contribution in [0.3, 0.4) is 0 Å². The molecule has 0 unspecified atom stereocenters. The van der Waals surface area contributed by atoms with Gasteiger partial charge in [-0.3, -0.25) is 10.1 Å².